The molecule has 2 unspecified atom stereocenters. The Kier molecular flexibility index (Phi) is 30.5. The number of nitrogens with two attached hydrogens (primary N) is 1. The van der Waals surface area contributed by atoms with Crippen molar-refractivity contribution < 1.29 is 47.1 Å². The van der Waals surface area contributed by atoms with Crippen LogP contribution in [0.5, 0.6) is 0 Å². The van der Waals surface area contributed by atoms with Crippen LogP contribution in [0.2, 0.25) is 0 Å². The third kappa shape index (κ3) is 27.9. The number of rotatable bonds is 34. The molecule has 11 nitrogen and oxygen atoms in total. The van der Waals surface area contributed by atoms with Crippen molar-refractivity contribution in [2.24, 2.45) is 5.73 Å². The maximum Gasteiger partial charge on any atom is 0.472 e. The first-order valence-electron chi connectivity index (χ1n) is 20.9. The van der Waals surface area contributed by atoms with Crippen molar-refractivity contribution >= 4 is 19.8 Å². The molecule has 0 aliphatic carbocycles. The first-order chi connectivity index (χ1) is 27.5. The Labute approximate surface area is 342 Å². The van der Waals surface area contributed by atoms with E-state index in [1.165, 1.54) is 11.1 Å². The number of furan rings is 1. The highest BCUT2D eigenvalue weighted by atomic mass is 31.2. The average Bonchev–Trinajstić information content (AvgIpc) is 3.45. The van der Waals surface area contributed by atoms with Gasteiger partial charge in [0.15, 0.2) is 6.10 Å². The highest BCUT2D eigenvalue weighted by Gasteiger charge is 2.26. The van der Waals surface area contributed by atoms with Crippen LogP contribution in [0.3, 0.4) is 0 Å². The van der Waals surface area contributed by atoms with Gasteiger partial charge in [-0.2, -0.15) is 0 Å². The molecule has 0 bridgehead atoms. The molecule has 0 fully saturated rings. The van der Waals surface area contributed by atoms with Crippen molar-refractivity contribution in [2.45, 2.75) is 149 Å². The number of aliphatic hydroxyl groups excluding tert-OH is 1. The third-order valence-corrected chi connectivity index (χ3v) is 9.86. The van der Waals surface area contributed by atoms with E-state index < -0.39 is 38.6 Å². The SMILES string of the molecule is CC/C=C\CC(O)/C=C/C=C/C/C=C\C/C=C\C/C=C\CCC(=O)O[C@H](COC(=O)CCCCCCCCc1oc(CCC)c(C)c1C)COP(=O)(O)OCCN. The molecule has 12 heteroatoms. The summed E-state index contributed by atoms with van der Waals surface area (Å²) in [6.45, 7) is 7.54. The molecule has 57 heavy (non-hydrogen) atoms. The fourth-order valence-electron chi connectivity index (χ4n) is 5.55. The van der Waals surface area contributed by atoms with Crippen LogP contribution in [0.4, 0.5) is 0 Å². The van der Waals surface area contributed by atoms with E-state index in [1.807, 2.05) is 48.6 Å². The van der Waals surface area contributed by atoms with Crippen molar-refractivity contribution in [1.82, 2.24) is 0 Å². The van der Waals surface area contributed by atoms with E-state index in [0.717, 1.165) is 88.6 Å². The molecule has 1 heterocycles. The summed E-state index contributed by atoms with van der Waals surface area (Å²) < 4.78 is 38.8. The minimum Gasteiger partial charge on any atom is -0.466 e. The molecule has 1 aromatic heterocycles. The number of allylic oxidation sites excluding steroid dienone is 10. The Morgan fingerprint density at radius 1 is 0.754 bits per heavy atom. The first-order valence-corrected chi connectivity index (χ1v) is 22.4. The molecule has 1 aromatic rings. The molecule has 0 radical (unpaired) electrons. The van der Waals surface area contributed by atoms with Crippen molar-refractivity contribution in [2.75, 3.05) is 26.4 Å². The van der Waals surface area contributed by atoms with Crippen LogP contribution in [-0.4, -0.2) is 60.5 Å². The van der Waals surface area contributed by atoms with Crippen LogP contribution < -0.4 is 5.73 Å². The minimum absolute atomic E-state index is 0.0240. The van der Waals surface area contributed by atoms with E-state index in [0.29, 0.717) is 19.3 Å². The zero-order valence-electron chi connectivity index (χ0n) is 35.1. The van der Waals surface area contributed by atoms with E-state index in [4.69, 9.17) is 28.7 Å². The number of aryl methyl sites for hydroxylation is 2. The summed E-state index contributed by atoms with van der Waals surface area (Å²) in [4.78, 5) is 34.9. The zero-order valence-corrected chi connectivity index (χ0v) is 36.0. The summed E-state index contributed by atoms with van der Waals surface area (Å²) in [6, 6.07) is 0. The molecular formula is C45H72NO10P. The number of unbranched alkanes of at least 4 members (excludes halogenated alkanes) is 5. The molecule has 322 valence electrons. The smallest absolute Gasteiger partial charge is 0.466 e. The van der Waals surface area contributed by atoms with Crippen LogP contribution in [-0.2, 0) is 45.5 Å². The summed E-state index contributed by atoms with van der Waals surface area (Å²) in [5.41, 5.74) is 7.90. The van der Waals surface area contributed by atoms with Crippen LogP contribution >= 0.6 is 7.82 Å². The number of esters is 2. The Morgan fingerprint density at radius 3 is 2.05 bits per heavy atom. The number of carbonyl (C=O) groups excluding carboxylic acids is 2. The van der Waals surface area contributed by atoms with Gasteiger partial charge in [0.2, 0.25) is 0 Å². The van der Waals surface area contributed by atoms with Gasteiger partial charge in [-0.3, -0.25) is 18.6 Å². The number of hydrogen-bond acceptors (Lipinski definition) is 10. The normalized spacial score (nSPS) is 14.6. The third-order valence-electron chi connectivity index (χ3n) is 8.87. The maximum absolute atomic E-state index is 12.6. The number of aliphatic hydroxyl groups is 1. The van der Waals surface area contributed by atoms with Gasteiger partial charge in [0, 0.05) is 32.2 Å². The molecule has 0 aliphatic heterocycles. The molecule has 0 aliphatic rings. The standard InChI is InChI=1S/C45H72NO10P/c1-5-7-23-29-40(47)30-24-19-15-13-11-9-8-10-12-14-16-22-27-33-45(49)55-41(37-54-57(50,51)53-35-34-46)36-52-44(48)32-26-21-18-17-20-25-31-43-39(4)38(3)42(56-43)28-6-2/h7,9-12,15-16,19,22-24,30,40-41,47H,5-6,8,13-14,17-18,20-21,25-29,31-37,46H2,1-4H3,(H,50,51)/b11-9-,12-10-,19-15+,22-16-,23-7-,30-24+/t40?,41-/m1/s1. The summed E-state index contributed by atoms with van der Waals surface area (Å²) in [6.07, 6.45) is 35.7. The Bertz CT molecular complexity index is 1460. The van der Waals surface area contributed by atoms with Crippen molar-refractivity contribution in [1.29, 1.82) is 0 Å². The minimum atomic E-state index is -4.42. The molecule has 0 spiro atoms. The van der Waals surface area contributed by atoms with Gasteiger partial charge in [-0.25, -0.2) is 4.57 Å². The quantitative estimate of drug-likeness (QED) is 0.0199. The summed E-state index contributed by atoms with van der Waals surface area (Å²) in [5.74, 6) is 1.23. The molecule has 1 rings (SSSR count). The van der Waals surface area contributed by atoms with Crippen molar-refractivity contribution in [3.05, 3.63) is 95.6 Å². The van der Waals surface area contributed by atoms with Gasteiger partial charge in [0.25, 0.3) is 0 Å². The second kappa shape index (κ2) is 33.6. The van der Waals surface area contributed by atoms with E-state index in [2.05, 4.69) is 45.9 Å². The number of carbonyl (C=O) groups is 2. The maximum atomic E-state index is 12.6. The largest absolute Gasteiger partial charge is 0.472 e. The zero-order chi connectivity index (χ0) is 42.0. The fraction of sp³-hybridized carbons (Fsp3) is 0.600. The van der Waals surface area contributed by atoms with E-state index in [-0.39, 0.29) is 32.6 Å². The molecule has 0 aromatic carbocycles. The van der Waals surface area contributed by atoms with Crippen LogP contribution in [0, 0.1) is 13.8 Å². The summed E-state index contributed by atoms with van der Waals surface area (Å²) >= 11 is 0. The predicted octanol–water partition coefficient (Wildman–Crippen LogP) is 10.1. The van der Waals surface area contributed by atoms with Gasteiger partial charge in [0.05, 0.1) is 19.3 Å². The summed E-state index contributed by atoms with van der Waals surface area (Å²) in [7, 11) is -4.42. The number of hydrogen-bond donors (Lipinski definition) is 3. The highest BCUT2D eigenvalue weighted by molar-refractivity contribution is 7.47. The number of phosphoric ester groups is 1. The second-order valence-electron chi connectivity index (χ2n) is 13.9. The van der Waals surface area contributed by atoms with Crippen LogP contribution in [0.15, 0.2) is 77.3 Å². The fourth-order valence-corrected chi connectivity index (χ4v) is 6.32. The average molecular weight is 818 g/mol. The van der Waals surface area contributed by atoms with E-state index in [9.17, 15) is 24.2 Å². The van der Waals surface area contributed by atoms with Gasteiger partial charge in [-0.05, 0) is 82.8 Å². The molecular weight excluding hydrogens is 745 g/mol. The van der Waals surface area contributed by atoms with Gasteiger partial charge >= 0.3 is 19.8 Å². The molecule has 3 atom stereocenters. The monoisotopic (exact) mass is 817 g/mol. The van der Waals surface area contributed by atoms with Crippen LogP contribution in [0.1, 0.15) is 133 Å². The van der Waals surface area contributed by atoms with Crippen LogP contribution in [0.25, 0.3) is 0 Å². The molecule has 0 amide bonds. The number of ether oxygens (including phenoxy) is 2. The van der Waals surface area contributed by atoms with Gasteiger partial charge in [-0.1, -0.05) is 112 Å². The lowest BCUT2D eigenvalue weighted by molar-refractivity contribution is -0.161. The van der Waals surface area contributed by atoms with Crippen molar-refractivity contribution in [3.63, 3.8) is 0 Å². The predicted molar refractivity (Wildman–Crippen MR) is 229 cm³/mol. The molecule has 0 saturated carbocycles. The Hall–Kier alpha value is -3.31. The second-order valence-corrected chi connectivity index (χ2v) is 15.4. The lowest BCUT2D eigenvalue weighted by atomic mass is 10.0. The first kappa shape index (κ1) is 51.7. The Morgan fingerprint density at radius 2 is 1.39 bits per heavy atom. The molecule has 4 N–H and O–H groups in total. The lowest BCUT2D eigenvalue weighted by Crippen LogP contribution is -2.29. The highest BCUT2D eigenvalue weighted by Crippen LogP contribution is 2.43. The van der Waals surface area contributed by atoms with Gasteiger partial charge in [0.1, 0.15) is 18.1 Å². The number of phosphoric acid groups is 1. The van der Waals surface area contributed by atoms with Gasteiger partial charge < -0.3 is 29.6 Å². The Balaban J connectivity index is 2.35. The van der Waals surface area contributed by atoms with E-state index in [1.54, 1.807) is 6.08 Å². The summed E-state index contributed by atoms with van der Waals surface area (Å²) in [5, 5.41) is 9.84. The van der Waals surface area contributed by atoms with Gasteiger partial charge in [-0.15, -0.1) is 0 Å². The molecule has 0 saturated heterocycles. The van der Waals surface area contributed by atoms with Crippen molar-refractivity contribution in [3.8, 4) is 0 Å². The topological polar surface area (TPSA) is 168 Å². The van der Waals surface area contributed by atoms with E-state index >= 15 is 0 Å². The lowest BCUT2D eigenvalue weighted by Gasteiger charge is -2.19.